The summed E-state index contributed by atoms with van der Waals surface area (Å²) >= 11 is 3.68. The van der Waals surface area contributed by atoms with Crippen molar-refractivity contribution in [1.29, 1.82) is 0 Å². The maximum Gasteiger partial charge on any atom is 0.178 e. The summed E-state index contributed by atoms with van der Waals surface area (Å²) in [5.74, 6) is 0. The molecule has 0 amide bonds. The number of aromatic nitrogens is 2. The number of methoxy groups -OCH3 is 1. The molecule has 68 valence electrons. The van der Waals surface area contributed by atoms with Crippen molar-refractivity contribution < 1.29 is 9.47 Å². The molecular weight excluding hydrogens is 291 g/mol. The van der Waals surface area contributed by atoms with Crippen LogP contribution in [0.4, 0.5) is 0 Å². The van der Waals surface area contributed by atoms with E-state index in [-0.39, 0.29) is 0 Å². The van der Waals surface area contributed by atoms with Gasteiger partial charge in [0, 0.05) is 7.11 Å². The molecule has 0 atom stereocenters. The summed E-state index contributed by atoms with van der Waals surface area (Å²) in [6.45, 7) is 1.76. The SMILES string of the molecule is COCCOCc1nnc(I)s1. The van der Waals surface area contributed by atoms with Crippen LogP contribution in [0.3, 0.4) is 0 Å². The number of rotatable bonds is 5. The van der Waals surface area contributed by atoms with E-state index in [1.54, 1.807) is 18.4 Å². The lowest BCUT2D eigenvalue weighted by Crippen LogP contribution is -2.01. The fraction of sp³-hybridized carbons (Fsp3) is 0.667. The van der Waals surface area contributed by atoms with Crippen molar-refractivity contribution in [3.8, 4) is 0 Å². The van der Waals surface area contributed by atoms with E-state index in [1.807, 2.05) is 0 Å². The summed E-state index contributed by atoms with van der Waals surface area (Å²) in [5, 5.41) is 8.68. The van der Waals surface area contributed by atoms with Crippen molar-refractivity contribution in [3.05, 3.63) is 8.02 Å². The van der Waals surface area contributed by atoms with Crippen molar-refractivity contribution in [3.63, 3.8) is 0 Å². The van der Waals surface area contributed by atoms with E-state index in [4.69, 9.17) is 9.47 Å². The van der Waals surface area contributed by atoms with Gasteiger partial charge in [-0.15, -0.1) is 10.2 Å². The predicted octanol–water partition coefficient (Wildman–Crippen LogP) is 1.31. The molecule has 0 spiro atoms. The minimum absolute atomic E-state index is 0.532. The van der Waals surface area contributed by atoms with Gasteiger partial charge < -0.3 is 9.47 Å². The standard InChI is InChI=1S/C6H9IN2O2S/c1-10-2-3-11-4-5-8-9-6(7)12-5/h2-4H2,1H3. The van der Waals surface area contributed by atoms with Gasteiger partial charge in [0.05, 0.1) is 13.2 Å². The van der Waals surface area contributed by atoms with Gasteiger partial charge in [0.25, 0.3) is 0 Å². The lowest BCUT2D eigenvalue weighted by atomic mass is 10.7. The Labute approximate surface area is 88.4 Å². The minimum Gasteiger partial charge on any atom is -0.382 e. The molecule has 0 radical (unpaired) electrons. The van der Waals surface area contributed by atoms with Gasteiger partial charge in [0.15, 0.2) is 3.01 Å². The van der Waals surface area contributed by atoms with Crippen LogP contribution in [0.15, 0.2) is 0 Å². The molecule has 1 heterocycles. The van der Waals surface area contributed by atoms with Crippen LogP contribution in [0.1, 0.15) is 5.01 Å². The second-order valence-corrected chi connectivity index (χ2v) is 4.81. The molecule has 1 aromatic heterocycles. The number of hydrogen-bond acceptors (Lipinski definition) is 5. The van der Waals surface area contributed by atoms with Gasteiger partial charge in [0.2, 0.25) is 0 Å². The fourth-order valence-corrected chi connectivity index (χ4v) is 1.96. The second-order valence-electron chi connectivity index (χ2n) is 1.99. The van der Waals surface area contributed by atoms with Crippen LogP contribution in [-0.2, 0) is 16.1 Å². The van der Waals surface area contributed by atoms with Crippen LogP contribution < -0.4 is 0 Å². The number of ether oxygens (including phenoxy) is 2. The molecule has 4 nitrogen and oxygen atoms in total. The molecule has 0 saturated heterocycles. The average molecular weight is 300 g/mol. The van der Waals surface area contributed by atoms with Crippen molar-refractivity contribution in [2.24, 2.45) is 0 Å². The zero-order valence-electron chi connectivity index (χ0n) is 6.62. The number of nitrogens with zero attached hydrogens (tertiary/aromatic N) is 2. The van der Waals surface area contributed by atoms with Crippen molar-refractivity contribution >= 4 is 33.9 Å². The van der Waals surface area contributed by atoms with E-state index < -0.39 is 0 Å². The van der Waals surface area contributed by atoms with E-state index in [0.29, 0.717) is 19.8 Å². The molecule has 0 N–H and O–H groups in total. The topological polar surface area (TPSA) is 44.2 Å². The van der Waals surface area contributed by atoms with Crippen LogP contribution in [0.5, 0.6) is 0 Å². The fourth-order valence-electron chi connectivity index (χ4n) is 0.593. The van der Waals surface area contributed by atoms with E-state index in [1.165, 1.54) is 0 Å². The van der Waals surface area contributed by atoms with Crippen molar-refractivity contribution in [1.82, 2.24) is 10.2 Å². The third-order valence-corrected chi connectivity index (χ3v) is 2.66. The van der Waals surface area contributed by atoms with Gasteiger partial charge in [-0.1, -0.05) is 11.3 Å². The van der Waals surface area contributed by atoms with Gasteiger partial charge in [-0.25, -0.2) is 0 Å². The Morgan fingerprint density at radius 1 is 1.42 bits per heavy atom. The highest BCUT2D eigenvalue weighted by Crippen LogP contribution is 2.12. The summed E-state index contributed by atoms with van der Waals surface area (Å²) in [4.78, 5) is 0. The Morgan fingerprint density at radius 2 is 2.25 bits per heavy atom. The zero-order chi connectivity index (χ0) is 8.81. The summed E-state index contributed by atoms with van der Waals surface area (Å²) in [7, 11) is 1.65. The van der Waals surface area contributed by atoms with Crippen LogP contribution in [0, 0.1) is 3.01 Å². The Balaban J connectivity index is 2.15. The summed E-state index contributed by atoms with van der Waals surface area (Å²) < 4.78 is 11.0. The molecule has 0 unspecified atom stereocenters. The molecule has 0 aliphatic heterocycles. The van der Waals surface area contributed by atoms with Crippen LogP contribution in [0.2, 0.25) is 0 Å². The summed E-state index contributed by atoms with van der Waals surface area (Å²) in [6, 6.07) is 0. The number of hydrogen-bond donors (Lipinski definition) is 0. The number of halogens is 1. The first-order valence-corrected chi connectivity index (χ1v) is 5.27. The lowest BCUT2D eigenvalue weighted by Gasteiger charge is -1.98. The molecule has 12 heavy (non-hydrogen) atoms. The molecule has 0 aliphatic carbocycles. The molecule has 0 saturated carbocycles. The minimum atomic E-state index is 0.532. The van der Waals surface area contributed by atoms with Gasteiger partial charge >= 0.3 is 0 Å². The van der Waals surface area contributed by atoms with Crippen LogP contribution in [0.25, 0.3) is 0 Å². The largest absolute Gasteiger partial charge is 0.382 e. The first-order chi connectivity index (χ1) is 5.83. The van der Waals surface area contributed by atoms with Gasteiger partial charge in [-0.3, -0.25) is 0 Å². The Morgan fingerprint density at radius 3 is 2.83 bits per heavy atom. The van der Waals surface area contributed by atoms with E-state index in [9.17, 15) is 0 Å². The molecule has 0 aromatic carbocycles. The van der Waals surface area contributed by atoms with Gasteiger partial charge in [-0.05, 0) is 22.6 Å². The molecular formula is C6H9IN2O2S. The van der Waals surface area contributed by atoms with Crippen LogP contribution >= 0.6 is 33.9 Å². The summed E-state index contributed by atoms with van der Waals surface area (Å²) in [6.07, 6.45) is 0. The third kappa shape index (κ3) is 3.74. The Bertz CT molecular complexity index is 231. The molecule has 6 heteroatoms. The highest BCUT2D eigenvalue weighted by molar-refractivity contribution is 14.1. The second kappa shape index (κ2) is 5.79. The van der Waals surface area contributed by atoms with Crippen molar-refractivity contribution in [2.75, 3.05) is 20.3 Å². The monoisotopic (exact) mass is 300 g/mol. The molecule has 0 aliphatic rings. The molecule has 1 rings (SSSR count). The lowest BCUT2D eigenvalue weighted by molar-refractivity contribution is 0.0613. The smallest absolute Gasteiger partial charge is 0.178 e. The predicted molar refractivity (Wildman–Crippen MR) is 54.2 cm³/mol. The van der Waals surface area contributed by atoms with Crippen molar-refractivity contribution in [2.45, 2.75) is 6.61 Å². The van der Waals surface area contributed by atoms with Gasteiger partial charge in [0.1, 0.15) is 11.6 Å². The maximum absolute atomic E-state index is 5.25. The van der Waals surface area contributed by atoms with Gasteiger partial charge in [-0.2, -0.15) is 0 Å². The first-order valence-electron chi connectivity index (χ1n) is 3.37. The maximum atomic E-state index is 5.25. The Kier molecular flexibility index (Phi) is 4.96. The highest BCUT2D eigenvalue weighted by Gasteiger charge is 2.00. The van der Waals surface area contributed by atoms with E-state index >= 15 is 0 Å². The highest BCUT2D eigenvalue weighted by atomic mass is 127. The quantitative estimate of drug-likeness (QED) is 0.607. The summed E-state index contributed by atoms with van der Waals surface area (Å²) in [5.41, 5.74) is 0. The normalized spacial score (nSPS) is 10.5. The Hall–Kier alpha value is 0.210. The molecule has 0 bridgehead atoms. The van der Waals surface area contributed by atoms with E-state index in [2.05, 4.69) is 32.8 Å². The molecule has 1 aromatic rings. The molecule has 0 fully saturated rings. The first kappa shape index (κ1) is 10.3. The average Bonchev–Trinajstić information content (AvgIpc) is 2.45. The van der Waals surface area contributed by atoms with E-state index in [0.717, 1.165) is 8.02 Å². The zero-order valence-corrected chi connectivity index (χ0v) is 9.59. The van der Waals surface area contributed by atoms with Crippen LogP contribution in [-0.4, -0.2) is 30.5 Å². The third-order valence-electron chi connectivity index (χ3n) is 1.10.